The summed E-state index contributed by atoms with van der Waals surface area (Å²) >= 11 is 0. The predicted molar refractivity (Wildman–Crippen MR) is 127 cm³/mol. The molecule has 0 unspecified atom stereocenters. The topological polar surface area (TPSA) is 79.3 Å². The van der Waals surface area contributed by atoms with Crippen molar-refractivity contribution in [3.63, 3.8) is 0 Å². The summed E-state index contributed by atoms with van der Waals surface area (Å²) in [5, 5.41) is 19.0. The lowest BCUT2D eigenvalue weighted by atomic mass is 9.95. The number of hydrogen-bond acceptors (Lipinski definition) is 6. The Labute approximate surface area is 192 Å². The normalized spacial score (nSPS) is 13.8. The van der Waals surface area contributed by atoms with Crippen LogP contribution in [0.2, 0.25) is 0 Å². The van der Waals surface area contributed by atoms with Gasteiger partial charge in [0.15, 0.2) is 0 Å². The van der Waals surface area contributed by atoms with Gasteiger partial charge in [-0.25, -0.2) is 0 Å². The zero-order valence-corrected chi connectivity index (χ0v) is 19.2. The second kappa shape index (κ2) is 7.88. The van der Waals surface area contributed by atoms with Gasteiger partial charge in [-0.2, -0.15) is 10.2 Å². The second-order valence-electron chi connectivity index (χ2n) is 8.78. The molecule has 0 fully saturated rings. The van der Waals surface area contributed by atoms with Crippen LogP contribution in [0.25, 0.3) is 16.7 Å². The monoisotopic (exact) mass is 436 g/mol. The van der Waals surface area contributed by atoms with Crippen molar-refractivity contribution >= 4 is 28.2 Å². The molecule has 0 N–H and O–H groups in total. The summed E-state index contributed by atoms with van der Waals surface area (Å²) in [5.41, 5.74) is 4.30. The summed E-state index contributed by atoms with van der Waals surface area (Å²) in [7, 11) is 0. The quantitative estimate of drug-likeness (QED) is 0.410. The van der Waals surface area contributed by atoms with Crippen LogP contribution in [0.5, 0.6) is 0 Å². The number of fused-ring (bicyclic) bond motifs is 4. The number of nitrogens with zero attached hydrogens (tertiary/aromatic N) is 6. The van der Waals surface area contributed by atoms with Gasteiger partial charge in [-0.05, 0) is 51.5 Å². The van der Waals surface area contributed by atoms with Crippen molar-refractivity contribution in [1.29, 1.82) is 5.26 Å². The molecule has 0 saturated heterocycles. The minimum atomic E-state index is -0.723. The standard InChI is InChI=1S/C26H24N6O/c1-17-7-5-10-22-23(17)24(28-25-30-29-18(2)32(22)25)31-13-14-33-15-20-19(8-6-9-21(20)31)11-12-26(3,4)16-27/h5-10H,13-15H2,1-4H3. The minimum absolute atomic E-state index is 0.451. The molecule has 1 aliphatic heterocycles. The van der Waals surface area contributed by atoms with Crippen molar-refractivity contribution in [2.45, 2.75) is 34.3 Å². The zero-order chi connectivity index (χ0) is 23.2. The Balaban J connectivity index is 1.76. The first-order valence-electron chi connectivity index (χ1n) is 10.9. The van der Waals surface area contributed by atoms with E-state index in [2.05, 4.69) is 58.1 Å². The van der Waals surface area contributed by atoms with Crippen LogP contribution in [0.1, 0.15) is 36.4 Å². The SMILES string of the molecule is Cc1cccc2c1c(N1CCOCc3c(C#CC(C)(C)C#N)cccc31)nc1nnc(C)n12. The van der Waals surface area contributed by atoms with E-state index in [4.69, 9.17) is 9.72 Å². The largest absolute Gasteiger partial charge is 0.375 e. The number of aryl methyl sites for hydroxylation is 2. The van der Waals surface area contributed by atoms with E-state index in [0.717, 1.165) is 44.9 Å². The zero-order valence-electron chi connectivity index (χ0n) is 19.2. The van der Waals surface area contributed by atoms with Crippen molar-refractivity contribution in [3.05, 3.63) is 58.9 Å². The van der Waals surface area contributed by atoms with Crippen molar-refractivity contribution in [3.8, 4) is 17.9 Å². The molecule has 0 amide bonds. The fourth-order valence-electron chi connectivity index (χ4n) is 4.20. The fourth-order valence-corrected chi connectivity index (χ4v) is 4.20. The lowest BCUT2D eigenvalue weighted by molar-refractivity contribution is 0.133. The van der Waals surface area contributed by atoms with Gasteiger partial charge in [0.1, 0.15) is 17.1 Å². The van der Waals surface area contributed by atoms with E-state index in [-0.39, 0.29) is 0 Å². The molecule has 3 heterocycles. The molecule has 164 valence electrons. The Morgan fingerprint density at radius 2 is 1.91 bits per heavy atom. The molecule has 2 aromatic heterocycles. The van der Waals surface area contributed by atoms with Gasteiger partial charge in [-0.3, -0.25) is 4.40 Å². The van der Waals surface area contributed by atoms with E-state index in [9.17, 15) is 5.26 Å². The molecule has 0 spiro atoms. The fraction of sp³-hybridized carbons (Fsp3) is 0.308. The van der Waals surface area contributed by atoms with E-state index < -0.39 is 5.41 Å². The highest BCUT2D eigenvalue weighted by Crippen LogP contribution is 2.37. The van der Waals surface area contributed by atoms with Gasteiger partial charge in [-0.1, -0.05) is 30.0 Å². The Morgan fingerprint density at radius 1 is 1.09 bits per heavy atom. The first kappa shape index (κ1) is 20.9. The van der Waals surface area contributed by atoms with E-state index in [1.165, 1.54) is 0 Å². The molecule has 0 aliphatic carbocycles. The molecular weight excluding hydrogens is 412 g/mol. The molecule has 0 atom stereocenters. The summed E-state index contributed by atoms with van der Waals surface area (Å²) in [5.74, 6) is 8.51. The maximum atomic E-state index is 9.35. The predicted octanol–water partition coefficient (Wildman–Crippen LogP) is 4.46. The molecule has 5 rings (SSSR count). The summed E-state index contributed by atoms with van der Waals surface area (Å²) in [6.07, 6.45) is 0. The van der Waals surface area contributed by atoms with Crippen molar-refractivity contribution < 1.29 is 4.74 Å². The van der Waals surface area contributed by atoms with Gasteiger partial charge >= 0.3 is 0 Å². The number of anilines is 2. The van der Waals surface area contributed by atoms with Crippen molar-refractivity contribution in [2.75, 3.05) is 18.1 Å². The third kappa shape index (κ3) is 3.57. The number of rotatable bonds is 1. The Morgan fingerprint density at radius 3 is 2.73 bits per heavy atom. The van der Waals surface area contributed by atoms with E-state index in [1.54, 1.807) is 0 Å². The average Bonchev–Trinajstić information content (AvgIpc) is 3.05. The highest BCUT2D eigenvalue weighted by atomic mass is 16.5. The first-order chi connectivity index (χ1) is 15.9. The first-order valence-corrected chi connectivity index (χ1v) is 10.9. The highest BCUT2D eigenvalue weighted by molar-refractivity contribution is 5.96. The number of hydrogen-bond donors (Lipinski definition) is 0. The van der Waals surface area contributed by atoms with Crippen LogP contribution in [0.4, 0.5) is 11.5 Å². The van der Waals surface area contributed by atoms with Crippen LogP contribution in [0.3, 0.4) is 0 Å². The second-order valence-corrected chi connectivity index (χ2v) is 8.78. The number of benzene rings is 2. The summed E-state index contributed by atoms with van der Waals surface area (Å²) in [4.78, 5) is 7.15. The third-order valence-corrected chi connectivity index (χ3v) is 5.92. The van der Waals surface area contributed by atoms with Gasteiger partial charge in [0.25, 0.3) is 5.78 Å². The smallest absolute Gasteiger partial charge is 0.257 e. The van der Waals surface area contributed by atoms with Gasteiger partial charge in [0.05, 0.1) is 24.8 Å². The number of aromatic nitrogens is 4. The maximum Gasteiger partial charge on any atom is 0.257 e. The summed E-state index contributed by atoms with van der Waals surface area (Å²) in [6, 6.07) is 14.5. The van der Waals surface area contributed by atoms with E-state index in [0.29, 0.717) is 25.5 Å². The molecule has 0 bridgehead atoms. The van der Waals surface area contributed by atoms with Crippen LogP contribution in [0.15, 0.2) is 36.4 Å². The summed E-state index contributed by atoms with van der Waals surface area (Å²) < 4.78 is 7.96. The molecular formula is C26H24N6O. The van der Waals surface area contributed by atoms with Gasteiger partial charge in [0.2, 0.25) is 0 Å². The van der Waals surface area contributed by atoms with Gasteiger partial charge in [0, 0.05) is 28.7 Å². The van der Waals surface area contributed by atoms with Crippen LogP contribution < -0.4 is 4.90 Å². The Bertz CT molecular complexity index is 1500. The van der Waals surface area contributed by atoms with Crippen molar-refractivity contribution in [2.24, 2.45) is 5.41 Å². The molecule has 1 aliphatic rings. The van der Waals surface area contributed by atoms with E-state index in [1.807, 2.05) is 43.4 Å². The lowest BCUT2D eigenvalue weighted by Crippen LogP contribution is -2.23. The van der Waals surface area contributed by atoms with Crippen molar-refractivity contribution in [1.82, 2.24) is 19.6 Å². The third-order valence-electron chi connectivity index (χ3n) is 5.92. The molecule has 2 aromatic carbocycles. The molecule has 0 saturated carbocycles. The van der Waals surface area contributed by atoms with Gasteiger partial charge < -0.3 is 9.64 Å². The van der Waals surface area contributed by atoms with Gasteiger partial charge in [-0.15, -0.1) is 10.2 Å². The molecule has 0 radical (unpaired) electrons. The molecule has 7 nitrogen and oxygen atoms in total. The highest BCUT2D eigenvalue weighted by Gasteiger charge is 2.24. The van der Waals surface area contributed by atoms with E-state index >= 15 is 0 Å². The lowest BCUT2D eigenvalue weighted by Gasteiger charge is -2.26. The molecule has 33 heavy (non-hydrogen) atoms. The number of ether oxygens (including phenoxy) is 1. The molecule has 7 heteroatoms. The Hall–Kier alpha value is -3.94. The average molecular weight is 437 g/mol. The summed E-state index contributed by atoms with van der Waals surface area (Å²) in [6.45, 7) is 9.32. The minimum Gasteiger partial charge on any atom is -0.375 e. The van der Waals surface area contributed by atoms with Crippen LogP contribution in [0, 0.1) is 42.4 Å². The Kier molecular flexibility index (Phi) is 5.00. The van der Waals surface area contributed by atoms with Crippen LogP contribution in [-0.2, 0) is 11.3 Å². The maximum absolute atomic E-state index is 9.35. The number of nitriles is 1. The van der Waals surface area contributed by atoms with Crippen LogP contribution in [-0.4, -0.2) is 32.7 Å². The molecule has 4 aromatic rings. The van der Waals surface area contributed by atoms with Crippen LogP contribution >= 0.6 is 0 Å².